The largest absolute Gasteiger partial charge is 0.490 e. The highest BCUT2D eigenvalue weighted by atomic mass is 19.4. The number of carbonyl (C=O) groups is 2. The van der Waals surface area contributed by atoms with Crippen molar-refractivity contribution in [1.82, 2.24) is 24.9 Å². The third-order valence-electron chi connectivity index (χ3n) is 6.01. The Morgan fingerprint density at radius 2 is 1.88 bits per heavy atom. The van der Waals surface area contributed by atoms with Gasteiger partial charge in [-0.2, -0.15) is 18.3 Å². The number of fused-ring (bicyclic) bond motifs is 1. The zero-order chi connectivity index (χ0) is 23.1. The molecule has 4 heterocycles. The van der Waals surface area contributed by atoms with Gasteiger partial charge in [-0.1, -0.05) is 0 Å². The molecule has 12 heteroatoms. The van der Waals surface area contributed by atoms with Crippen LogP contribution < -0.4 is 5.32 Å². The molecule has 0 aliphatic carbocycles. The van der Waals surface area contributed by atoms with Gasteiger partial charge < -0.3 is 20.1 Å². The summed E-state index contributed by atoms with van der Waals surface area (Å²) in [5, 5.41) is 14.8. The van der Waals surface area contributed by atoms with Crippen LogP contribution in [0.3, 0.4) is 0 Å². The van der Waals surface area contributed by atoms with E-state index in [-0.39, 0.29) is 6.03 Å². The molecule has 3 aliphatic rings. The van der Waals surface area contributed by atoms with Gasteiger partial charge in [0.15, 0.2) is 0 Å². The molecule has 2 fully saturated rings. The Morgan fingerprint density at radius 3 is 2.50 bits per heavy atom. The lowest BCUT2D eigenvalue weighted by Crippen LogP contribution is -2.46. The molecule has 0 spiro atoms. The number of aliphatic carboxylic acids is 1. The fourth-order valence-corrected chi connectivity index (χ4v) is 4.34. The van der Waals surface area contributed by atoms with Gasteiger partial charge in [0, 0.05) is 58.2 Å². The number of likely N-dealkylation sites (tertiary alicyclic amines) is 1. The third-order valence-corrected chi connectivity index (χ3v) is 6.01. The maximum absolute atomic E-state index is 12.2. The Bertz CT molecular complexity index is 761. The smallest absolute Gasteiger partial charge is 0.475 e. The number of hydrogen-bond acceptors (Lipinski definition) is 5. The summed E-state index contributed by atoms with van der Waals surface area (Å²) in [6.45, 7) is 6.24. The second kappa shape index (κ2) is 11.0. The monoisotopic (exact) mass is 461 g/mol. The van der Waals surface area contributed by atoms with E-state index in [4.69, 9.17) is 14.6 Å². The van der Waals surface area contributed by atoms with Crippen molar-refractivity contribution in [3.05, 3.63) is 18.0 Å². The summed E-state index contributed by atoms with van der Waals surface area (Å²) in [6.07, 6.45) is 2.24. The van der Waals surface area contributed by atoms with Crippen LogP contribution in [0.5, 0.6) is 0 Å². The van der Waals surface area contributed by atoms with Crippen LogP contribution in [0.1, 0.15) is 43.8 Å². The number of alkyl halides is 3. The Kier molecular flexibility index (Phi) is 8.35. The molecule has 1 aromatic rings. The summed E-state index contributed by atoms with van der Waals surface area (Å²) in [7, 11) is 0. The summed E-state index contributed by atoms with van der Waals surface area (Å²) < 4.78 is 39.4. The molecule has 0 bridgehead atoms. The lowest BCUT2D eigenvalue weighted by Gasteiger charge is -2.40. The van der Waals surface area contributed by atoms with Crippen molar-refractivity contribution in [1.29, 1.82) is 0 Å². The molecule has 1 aromatic heterocycles. The lowest BCUT2D eigenvalue weighted by atomic mass is 10.0. The first-order valence-corrected chi connectivity index (χ1v) is 10.9. The lowest BCUT2D eigenvalue weighted by molar-refractivity contribution is -0.192. The van der Waals surface area contributed by atoms with Crippen molar-refractivity contribution in [2.75, 3.05) is 39.4 Å². The summed E-state index contributed by atoms with van der Waals surface area (Å²) in [4.78, 5) is 25.6. The zero-order valence-electron chi connectivity index (χ0n) is 17.9. The van der Waals surface area contributed by atoms with E-state index in [0.717, 1.165) is 71.5 Å². The first-order chi connectivity index (χ1) is 15.3. The number of nitrogens with zero attached hydrogens (tertiary/aromatic N) is 4. The van der Waals surface area contributed by atoms with Crippen LogP contribution in [-0.2, 0) is 16.1 Å². The minimum Gasteiger partial charge on any atom is -0.475 e. The normalized spacial score (nSPS) is 22.1. The highest BCUT2D eigenvalue weighted by Crippen LogP contribution is 2.27. The topological polar surface area (TPSA) is 99.9 Å². The molecule has 0 saturated carbocycles. The van der Waals surface area contributed by atoms with Crippen LogP contribution in [0, 0.1) is 0 Å². The standard InChI is InChI=1S/C18H29N5O2.C2HF3O2/c24-18(21-9-1-2-10-21)19-7-3-16-13-22(15-5-11-25-12-6-15)14-17-4-8-20-23(16)17;3-2(4,5)1(6)7/h4,8,15-16H,1-3,5-7,9-14H2,(H,19,24);(H,6,7). The summed E-state index contributed by atoms with van der Waals surface area (Å²) in [5.41, 5.74) is 1.29. The highest BCUT2D eigenvalue weighted by molar-refractivity contribution is 5.74. The predicted molar refractivity (Wildman–Crippen MR) is 108 cm³/mol. The minimum absolute atomic E-state index is 0.0929. The number of aromatic nitrogens is 2. The zero-order valence-corrected chi connectivity index (χ0v) is 17.9. The van der Waals surface area contributed by atoms with E-state index >= 15 is 0 Å². The van der Waals surface area contributed by atoms with Gasteiger partial charge in [0.2, 0.25) is 0 Å². The van der Waals surface area contributed by atoms with E-state index in [1.807, 2.05) is 11.1 Å². The van der Waals surface area contributed by atoms with Crippen molar-refractivity contribution in [3.63, 3.8) is 0 Å². The Morgan fingerprint density at radius 1 is 1.22 bits per heavy atom. The fraction of sp³-hybridized carbons (Fsp3) is 0.750. The third kappa shape index (κ3) is 6.58. The number of hydrogen-bond donors (Lipinski definition) is 2. The maximum Gasteiger partial charge on any atom is 0.490 e. The van der Waals surface area contributed by atoms with Crippen LogP contribution in [0.25, 0.3) is 0 Å². The van der Waals surface area contributed by atoms with Gasteiger partial charge >= 0.3 is 18.2 Å². The van der Waals surface area contributed by atoms with E-state index in [1.54, 1.807) is 0 Å². The van der Waals surface area contributed by atoms with Gasteiger partial charge in [-0.3, -0.25) is 9.58 Å². The molecule has 4 rings (SSSR count). The van der Waals surface area contributed by atoms with Crippen LogP contribution in [-0.4, -0.2) is 88.3 Å². The van der Waals surface area contributed by atoms with Crippen molar-refractivity contribution in [3.8, 4) is 0 Å². The number of carbonyl (C=O) groups excluding carboxylic acids is 1. The number of amides is 2. The van der Waals surface area contributed by atoms with Gasteiger partial charge in [0.25, 0.3) is 0 Å². The highest BCUT2D eigenvalue weighted by Gasteiger charge is 2.38. The second-order valence-corrected chi connectivity index (χ2v) is 8.21. The molecule has 0 radical (unpaired) electrons. The quantitative estimate of drug-likeness (QED) is 0.714. The number of urea groups is 1. The number of nitrogens with one attached hydrogen (secondary N) is 1. The molecule has 32 heavy (non-hydrogen) atoms. The van der Waals surface area contributed by atoms with E-state index in [2.05, 4.69) is 26.1 Å². The molecule has 2 amide bonds. The van der Waals surface area contributed by atoms with E-state index in [0.29, 0.717) is 18.6 Å². The molecule has 1 unspecified atom stereocenters. The second-order valence-electron chi connectivity index (χ2n) is 8.21. The molecule has 2 saturated heterocycles. The Balaban J connectivity index is 0.000000360. The van der Waals surface area contributed by atoms with Gasteiger partial charge in [0.05, 0.1) is 11.7 Å². The van der Waals surface area contributed by atoms with E-state index in [1.165, 1.54) is 5.69 Å². The molecule has 1 atom stereocenters. The summed E-state index contributed by atoms with van der Waals surface area (Å²) in [5.74, 6) is -2.76. The predicted octanol–water partition coefficient (Wildman–Crippen LogP) is 2.25. The summed E-state index contributed by atoms with van der Waals surface area (Å²) >= 11 is 0. The molecule has 180 valence electrons. The summed E-state index contributed by atoms with van der Waals surface area (Å²) in [6, 6.07) is 3.16. The van der Waals surface area contributed by atoms with E-state index in [9.17, 15) is 18.0 Å². The van der Waals surface area contributed by atoms with Gasteiger partial charge in [-0.25, -0.2) is 9.59 Å². The van der Waals surface area contributed by atoms with Gasteiger partial charge in [-0.15, -0.1) is 0 Å². The van der Waals surface area contributed by atoms with E-state index < -0.39 is 12.1 Å². The van der Waals surface area contributed by atoms with Crippen molar-refractivity contribution in [2.24, 2.45) is 0 Å². The van der Waals surface area contributed by atoms with Crippen molar-refractivity contribution >= 4 is 12.0 Å². The number of halogens is 3. The molecule has 9 nitrogen and oxygen atoms in total. The first kappa shape index (κ1) is 24.3. The first-order valence-electron chi connectivity index (χ1n) is 10.9. The molecular weight excluding hydrogens is 431 g/mol. The van der Waals surface area contributed by atoms with Gasteiger partial charge in [-0.05, 0) is 38.2 Å². The molecule has 0 aromatic carbocycles. The van der Waals surface area contributed by atoms with Crippen LogP contribution in [0.4, 0.5) is 18.0 Å². The number of carboxylic acid groups (broad SMARTS) is 1. The van der Waals surface area contributed by atoms with Crippen LogP contribution in [0.2, 0.25) is 0 Å². The number of ether oxygens (including phenoxy) is 1. The van der Waals surface area contributed by atoms with Gasteiger partial charge in [0.1, 0.15) is 0 Å². The minimum atomic E-state index is -5.08. The van der Waals surface area contributed by atoms with Crippen molar-refractivity contribution in [2.45, 2.75) is 56.9 Å². The number of carboxylic acids is 1. The molecule has 2 N–H and O–H groups in total. The van der Waals surface area contributed by atoms with Crippen LogP contribution in [0.15, 0.2) is 12.3 Å². The Hall–Kier alpha value is -2.34. The van der Waals surface area contributed by atoms with Crippen molar-refractivity contribution < 1.29 is 32.6 Å². The average Bonchev–Trinajstić information content (AvgIpc) is 3.46. The fourth-order valence-electron chi connectivity index (χ4n) is 4.34. The average molecular weight is 461 g/mol. The number of rotatable bonds is 4. The molecule has 3 aliphatic heterocycles. The maximum atomic E-state index is 12.2. The Labute approximate surface area is 184 Å². The molecular formula is C20H30F3N5O4. The SMILES string of the molecule is O=C(NCCC1CN(C2CCOCC2)Cc2ccnn21)N1CCCC1.O=C(O)C(F)(F)F. The van der Waals surface area contributed by atoms with Crippen LogP contribution >= 0.6 is 0 Å².